The van der Waals surface area contributed by atoms with E-state index in [1.54, 1.807) is 0 Å². The maximum Gasteiger partial charge on any atom is 0.176 e. The van der Waals surface area contributed by atoms with Gasteiger partial charge in [0.15, 0.2) is 5.78 Å². The van der Waals surface area contributed by atoms with E-state index in [1.807, 2.05) is 55.5 Å². The molecule has 110 valence electrons. The minimum absolute atomic E-state index is 0.0922. The SMILES string of the molecule is CCCOc1ccccc1C(=O)CSc1ccc(Br)cc1. The van der Waals surface area contributed by atoms with Crippen LogP contribution in [0.2, 0.25) is 0 Å². The third kappa shape index (κ3) is 4.90. The van der Waals surface area contributed by atoms with Crippen molar-refractivity contribution in [1.29, 1.82) is 0 Å². The number of carbonyl (C=O) groups is 1. The third-order valence-corrected chi connectivity index (χ3v) is 4.37. The van der Waals surface area contributed by atoms with Crippen LogP contribution in [0.4, 0.5) is 0 Å². The summed E-state index contributed by atoms with van der Waals surface area (Å²) in [5.74, 6) is 1.18. The Bertz CT molecular complexity index is 596. The first-order valence-corrected chi connectivity index (χ1v) is 8.62. The van der Waals surface area contributed by atoms with Crippen LogP contribution in [0.25, 0.3) is 0 Å². The van der Waals surface area contributed by atoms with Crippen molar-refractivity contribution in [2.24, 2.45) is 0 Å². The highest BCUT2D eigenvalue weighted by molar-refractivity contribution is 9.10. The number of hydrogen-bond acceptors (Lipinski definition) is 3. The molecule has 2 nitrogen and oxygen atoms in total. The van der Waals surface area contributed by atoms with Crippen molar-refractivity contribution in [3.05, 3.63) is 58.6 Å². The van der Waals surface area contributed by atoms with Crippen LogP contribution in [-0.4, -0.2) is 18.1 Å². The summed E-state index contributed by atoms with van der Waals surface area (Å²) in [5.41, 5.74) is 0.663. The number of para-hydroxylation sites is 1. The lowest BCUT2D eigenvalue weighted by molar-refractivity contribution is 0.101. The lowest BCUT2D eigenvalue weighted by atomic mass is 10.1. The number of halogens is 1. The fourth-order valence-electron chi connectivity index (χ4n) is 1.79. The molecule has 0 aliphatic heterocycles. The van der Waals surface area contributed by atoms with E-state index < -0.39 is 0 Å². The average Bonchev–Trinajstić information content (AvgIpc) is 2.52. The van der Waals surface area contributed by atoms with Gasteiger partial charge in [0.25, 0.3) is 0 Å². The summed E-state index contributed by atoms with van der Waals surface area (Å²) in [7, 11) is 0. The van der Waals surface area contributed by atoms with Crippen LogP contribution in [0.5, 0.6) is 5.75 Å². The summed E-state index contributed by atoms with van der Waals surface area (Å²) in [5, 5.41) is 0. The molecule has 0 heterocycles. The highest BCUT2D eigenvalue weighted by Crippen LogP contribution is 2.24. The standard InChI is InChI=1S/C17H17BrO2S/c1-2-11-20-17-6-4-3-5-15(17)16(19)12-21-14-9-7-13(18)8-10-14/h3-10H,2,11-12H2,1H3. The number of rotatable bonds is 7. The van der Waals surface area contributed by atoms with Gasteiger partial charge in [-0.15, -0.1) is 11.8 Å². The molecule has 21 heavy (non-hydrogen) atoms. The van der Waals surface area contributed by atoms with Crippen LogP contribution >= 0.6 is 27.7 Å². The van der Waals surface area contributed by atoms with Gasteiger partial charge >= 0.3 is 0 Å². The minimum Gasteiger partial charge on any atom is -0.493 e. The van der Waals surface area contributed by atoms with Gasteiger partial charge in [0, 0.05) is 9.37 Å². The Morgan fingerprint density at radius 2 is 1.86 bits per heavy atom. The number of Topliss-reactive ketones (excluding diaryl/α,β-unsaturated/α-hetero) is 1. The predicted molar refractivity (Wildman–Crippen MR) is 91.4 cm³/mol. The number of ketones is 1. The van der Waals surface area contributed by atoms with Gasteiger partial charge in [-0.1, -0.05) is 35.0 Å². The molecule has 0 radical (unpaired) electrons. The summed E-state index contributed by atoms with van der Waals surface area (Å²) in [4.78, 5) is 13.4. The molecule has 0 unspecified atom stereocenters. The van der Waals surface area contributed by atoms with Crippen molar-refractivity contribution in [2.45, 2.75) is 18.2 Å². The predicted octanol–water partition coefficient (Wildman–Crippen LogP) is 5.21. The summed E-state index contributed by atoms with van der Waals surface area (Å²) in [6.07, 6.45) is 0.927. The van der Waals surface area contributed by atoms with Crippen molar-refractivity contribution < 1.29 is 9.53 Å². The van der Waals surface area contributed by atoms with Crippen LogP contribution in [0.1, 0.15) is 23.7 Å². The van der Waals surface area contributed by atoms with Crippen LogP contribution in [0.3, 0.4) is 0 Å². The molecule has 2 rings (SSSR count). The molecule has 0 saturated carbocycles. The van der Waals surface area contributed by atoms with Crippen molar-refractivity contribution in [2.75, 3.05) is 12.4 Å². The zero-order chi connectivity index (χ0) is 15.1. The van der Waals surface area contributed by atoms with E-state index in [2.05, 4.69) is 15.9 Å². The number of hydrogen-bond donors (Lipinski definition) is 0. The fourth-order valence-corrected chi connectivity index (χ4v) is 2.84. The Kier molecular flexibility index (Phi) is 6.33. The molecule has 0 fully saturated rings. The number of ether oxygens (including phenoxy) is 1. The second-order valence-electron chi connectivity index (χ2n) is 4.51. The van der Waals surface area contributed by atoms with Gasteiger partial charge in [0.05, 0.1) is 17.9 Å². The van der Waals surface area contributed by atoms with E-state index >= 15 is 0 Å². The third-order valence-electron chi connectivity index (χ3n) is 2.83. The molecule has 4 heteroatoms. The normalized spacial score (nSPS) is 10.4. The van der Waals surface area contributed by atoms with Gasteiger partial charge in [0.2, 0.25) is 0 Å². The fraction of sp³-hybridized carbons (Fsp3) is 0.235. The monoisotopic (exact) mass is 364 g/mol. The molecule has 0 atom stereocenters. The van der Waals surface area contributed by atoms with Crippen LogP contribution in [0, 0.1) is 0 Å². The summed E-state index contributed by atoms with van der Waals surface area (Å²) in [6, 6.07) is 15.4. The highest BCUT2D eigenvalue weighted by atomic mass is 79.9. The van der Waals surface area contributed by atoms with Crippen molar-refractivity contribution in [3.63, 3.8) is 0 Å². The Balaban J connectivity index is 2.01. The van der Waals surface area contributed by atoms with Gasteiger partial charge in [0.1, 0.15) is 5.75 Å². The van der Waals surface area contributed by atoms with Gasteiger partial charge in [-0.3, -0.25) is 4.79 Å². The largest absolute Gasteiger partial charge is 0.493 e. The van der Waals surface area contributed by atoms with Gasteiger partial charge in [-0.25, -0.2) is 0 Å². The molecule has 0 aliphatic carbocycles. The number of benzene rings is 2. The van der Waals surface area contributed by atoms with E-state index in [1.165, 1.54) is 11.8 Å². The molecule has 0 amide bonds. The van der Waals surface area contributed by atoms with Crippen LogP contribution in [0.15, 0.2) is 57.9 Å². The molecule has 0 bridgehead atoms. The molecule has 0 saturated heterocycles. The molecular weight excluding hydrogens is 348 g/mol. The molecule has 0 aromatic heterocycles. The molecule has 2 aromatic carbocycles. The molecule has 0 aliphatic rings. The quantitative estimate of drug-likeness (QED) is 0.498. The Morgan fingerprint density at radius 1 is 1.14 bits per heavy atom. The van der Waals surface area contributed by atoms with Crippen LogP contribution in [-0.2, 0) is 0 Å². The first-order chi connectivity index (χ1) is 10.2. The maximum atomic E-state index is 12.4. The van der Waals surface area contributed by atoms with E-state index in [0.717, 1.165) is 15.8 Å². The minimum atomic E-state index is 0.0922. The van der Waals surface area contributed by atoms with E-state index in [9.17, 15) is 4.79 Å². The zero-order valence-electron chi connectivity index (χ0n) is 11.8. The lowest BCUT2D eigenvalue weighted by Crippen LogP contribution is -2.06. The second kappa shape index (κ2) is 8.25. The van der Waals surface area contributed by atoms with E-state index in [4.69, 9.17) is 4.74 Å². The zero-order valence-corrected chi connectivity index (χ0v) is 14.2. The maximum absolute atomic E-state index is 12.4. The molecule has 2 aromatic rings. The number of carbonyl (C=O) groups excluding carboxylic acids is 1. The van der Waals surface area contributed by atoms with Gasteiger partial charge in [-0.05, 0) is 42.8 Å². The van der Waals surface area contributed by atoms with Gasteiger partial charge in [-0.2, -0.15) is 0 Å². The van der Waals surface area contributed by atoms with E-state index in [-0.39, 0.29) is 5.78 Å². The smallest absolute Gasteiger partial charge is 0.176 e. The van der Waals surface area contributed by atoms with Gasteiger partial charge < -0.3 is 4.74 Å². The average molecular weight is 365 g/mol. The Labute approximate surface area is 138 Å². The van der Waals surface area contributed by atoms with Crippen LogP contribution < -0.4 is 4.74 Å². The van der Waals surface area contributed by atoms with Crippen molar-refractivity contribution in [1.82, 2.24) is 0 Å². The molecular formula is C17H17BrO2S. The second-order valence-corrected chi connectivity index (χ2v) is 6.47. The molecule has 0 spiro atoms. The summed E-state index contributed by atoms with van der Waals surface area (Å²) in [6.45, 7) is 2.68. The number of thioether (sulfide) groups is 1. The Hall–Kier alpha value is -1.26. The molecule has 0 N–H and O–H groups in total. The summed E-state index contributed by atoms with van der Waals surface area (Å²) >= 11 is 4.94. The van der Waals surface area contributed by atoms with E-state index in [0.29, 0.717) is 23.7 Å². The first-order valence-electron chi connectivity index (χ1n) is 6.84. The first kappa shape index (κ1) is 16.1. The lowest BCUT2D eigenvalue weighted by Gasteiger charge is -2.09. The highest BCUT2D eigenvalue weighted by Gasteiger charge is 2.12. The topological polar surface area (TPSA) is 26.3 Å². The Morgan fingerprint density at radius 3 is 2.57 bits per heavy atom. The van der Waals surface area contributed by atoms with Crippen molar-refractivity contribution >= 4 is 33.5 Å². The summed E-state index contributed by atoms with van der Waals surface area (Å²) < 4.78 is 6.68. The van der Waals surface area contributed by atoms with Crippen molar-refractivity contribution in [3.8, 4) is 5.75 Å².